The molecule has 0 fully saturated rings. The minimum absolute atomic E-state index is 0.244. The van der Waals surface area contributed by atoms with Gasteiger partial charge in [-0.2, -0.15) is 0 Å². The number of imidazole rings is 2. The summed E-state index contributed by atoms with van der Waals surface area (Å²) in [4.78, 5) is 13.2. The van der Waals surface area contributed by atoms with E-state index >= 15 is 0 Å². The van der Waals surface area contributed by atoms with Crippen LogP contribution in [0.25, 0.3) is 4.96 Å². The van der Waals surface area contributed by atoms with E-state index in [1.165, 1.54) is 11.4 Å². The van der Waals surface area contributed by atoms with Crippen LogP contribution in [-0.4, -0.2) is 19.4 Å². The molecule has 20 heavy (non-hydrogen) atoms. The monoisotopic (exact) mass is 289 g/mol. The Balaban J connectivity index is 1.82. The van der Waals surface area contributed by atoms with Crippen molar-refractivity contribution >= 4 is 16.3 Å². The van der Waals surface area contributed by atoms with Crippen LogP contribution in [0.15, 0.2) is 17.8 Å². The second-order valence-corrected chi connectivity index (χ2v) is 5.79. The normalized spacial score (nSPS) is 13.2. The maximum atomic E-state index is 4.62. The summed E-state index contributed by atoms with van der Waals surface area (Å²) in [7, 11) is 0. The minimum atomic E-state index is 0.244. The quantitative estimate of drug-likeness (QED) is 0.759. The summed E-state index contributed by atoms with van der Waals surface area (Å²) in [6, 6.07) is 0.244. The molecule has 0 saturated heterocycles. The Labute approximate surface area is 122 Å². The molecule has 5 nitrogen and oxygen atoms in total. The SMILES string of the molecule is CCC(NCc1c(C)nc2scc(C)n12)c1ncc[nH]1. The molecule has 6 heteroatoms. The topological polar surface area (TPSA) is 58.0 Å². The second kappa shape index (κ2) is 5.38. The molecule has 0 saturated carbocycles. The maximum Gasteiger partial charge on any atom is 0.194 e. The summed E-state index contributed by atoms with van der Waals surface area (Å²) in [6.07, 6.45) is 4.66. The fourth-order valence-electron chi connectivity index (χ4n) is 2.50. The molecule has 106 valence electrons. The second-order valence-electron chi connectivity index (χ2n) is 4.96. The molecule has 0 amide bonds. The van der Waals surface area contributed by atoms with Crippen LogP contribution in [0.4, 0.5) is 0 Å². The highest BCUT2D eigenvalue weighted by Crippen LogP contribution is 2.21. The highest BCUT2D eigenvalue weighted by molar-refractivity contribution is 7.15. The van der Waals surface area contributed by atoms with Gasteiger partial charge in [0, 0.05) is 30.0 Å². The number of hydrogen-bond acceptors (Lipinski definition) is 4. The van der Waals surface area contributed by atoms with Crippen molar-refractivity contribution in [3.05, 3.63) is 40.7 Å². The molecule has 0 aliphatic heterocycles. The van der Waals surface area contributed by atoms with E-state index in [0.717, 1.165) is 29.4 Å². The van der Waals surface area contributed by atoms with Crippen LogP contribution < -0.4 is 5.32 Å². The molecule has 1 atom stereocenters. The van der Waals surface area contributed by atoms with Crippen molar-refractivity contribution in [3.63, 3.8) is 0 Å². The van der Waals surface area contributed by atoms with Gasteiger partial charge < -0.3 is 10.3 Å². The fraction of sp³-hybridized carbons (Fsp3) is 0.429. The first-order chi connectivity index (χ1) is 9.70. The third-order valence-electron chi connectivity index (χ3n) is 3.60. The molecule has 3 aromatic rings. The Morgan fingerprint density at radius 3 is 3.00 bits per heavy atom. The number of hydrogen-bond donors (Lipinski definition) is 2. The molecule has 0 aromatic carbocycles. The number of nitrogens with one attached hydrogen (secondary N) is 2. The number of aromatic amines is 1. The van der Waals surface area contributed by atoms with Crippen molar-refractivity contribution in [3.8, 4) is 0 Å². The number of aryl methyl sites for hydroxylation is 2. The molecular weight excluding hydrogens is 270 g/mol. The van der Waals surface area contributed by atoms with Gasteiger partial charge in [0.15, 0.2) is 4.96 Å². The van der Waals surface area contributed by atoms with E-state index < -0.39 is 0 Å². The summed E-state index contributed by atoms with van der Waals surface area (Å²) in [6.45, 7) is 7.15. The van der Waals surface area contributed by atoms with Crippen LogP contribution in [0.3, 0.4) is 0 Å². The van der Waals surface area contributed by atoms with Gasteiger partial charge in [0.05, 0.1) is 17.4 Å². The van der Waals surface area contributed by atoms with Crippen LogP contribution in [0, 0.1) is 13.8 Å². The average molecular weight is 289 g/mol. The van der Waals surface area contributed by atoms with Gasteiger partial charge in [0.2, 0.25) is 0 Å². The van der Waals surface area contributed by atoms with Gasteiger partial charge in [-0.15, -0.1) is 11.3 Å². The zero-order valence-corrected chi connectivity index (χ0v) is 12.8. The first-order valence-corrected chi connectivity index (χ1v) is 7.73. The van der Waals surface area contributed by atoms with Crippen molar-refractivity contribution in [1.29, 1.82) is 0 Å². The largest absolute Gasteiger partial charge is 0.347 e. The highest BCUT2D eigenvalue weighted by atomic mass is 32.1. The smallest absolute Gasteiger partial charge is 0.194 e. The molecule has 1 unspecified atom stereocenters. The van der Waals surface area contributed by atoms with Gasteiger partial charge in [-0.3, -0.25) is 4.40 Å². The highest BCUT2D eigenvalue weighted by Gasteiger charge is 2.15. The van der Waals surface area contributed by atoms with Gasteiger partial charge in [0.25, 0.3) is 0 Å². The van der Waals surface area contributed by atoms with Gasteiger partial charge in [0.1, 0.15) is 5.82 Å². The number of fused-ring (bicyclic) bond motifs is 1. The summed E-state index contributed by atoms with van der Waals surface area (Å²) in [5.74, 6) is 0.993. The van der Waals surface area contributed by atoms with Gasteiger partial charge in [-0.25, -0.2) is 9.97 Å². The average Bonchev–Trinajstić information content (AvgIpc) is 3.12. The molecule has 0 aliphatic carbocycles. The number of aromatic nitrogens is 4. The van der Waals surface area contributed by atoms with E-state index in [9.17, 15) is 0 Å². The standard InChI is InChI=1S/C14H19N5S/c1-4-11(13-15-5-6-16-13)17-7-12-10(3)18-14-19(12)9(2)8-20-14/h5-6,8,11,17H,4,7H2,1-3H3,(H,15,16). The Bertz CT molecular complexity index is 695. The van der Waals surface area contributed by atoms with Crippen LogP contribution in [0.2, 0.25) is 0 Å². The Morgan fingerprint density at radius 1 is 1.45 bits per heavy atom. The van der Waals surface area contributed by atoms with Crippen molar-refractivity contribution < 1.29 is 0 Å². The maximum absolute atomic E-state index is 4.62. The van der Waals surface area contributed by atoms with E-state index in [-0.39, 0.29) is 6.04 Å². The van der Waals surface area contributed by atoms with Crippen LogP contribution in [0.5, 0.6) is 0 Å². The molecule has 0 bridgehead atoms. The van der Waals surface area contributed by atoms with Crippen LogP contribution in [0.1, 0.15) is 42.3 Å². The van der Waals surface area contributed by atoms with E-state index in [0.29, 0.717) is 0 Å². The lowest BCUT2D eigenvalue weighted by molar-refractivity contribution is 0.491. The summed E-state index contributed by atoms with van der Waals surface area (Å²) < 4.78 is 2.24. The van der Waals surface area contributed by atoms with E-state index in [1.54, 1.807) is 17.5 Å². The van der Waals surface area contributed by atoms with E-state index in [4.69, 9.17) is 0 Å². The summed E-state index contributed by atoms with van der Waals surface area (Å²) in [5, 5.41) is 5.72. The molecule has 2 N–H and O–H groups in total. The van der Waals surface area contributed by atoms with Crippen LogP contribution >= 0.6 is 11.3 Å². The molecule has 3 rings (SSSR count). The Hall–Kier alpha value is -1.66. The third kappa shape index (κ3) is 2.25. The van der Waals surface area contributed by atoms with Gasteiger partial charge in [-0.05, 0) is 20.3 Å². The molecule has 3 heterocycles. The zero-order chi connectivity index (χ0) is 14.1. The van der Waals surface area contributed by atoms with Gasteiger partial charge >= 0.3 is 0 Å². The molecular formula is C14H19N5S. The minimum Gasteiger partial charge on any atom is -0.347 e. The summed E-state index contributed by atoms with van der Waals surface area (Å²) in [5.41, 5.74) is 3.58. The first kappa shape index (κ1) is 13.3. The van der Waals surface area contributed by atoms with E-state index in [2.05, 4.69) is 50.8 Å². The van der Waals surface area contributed by atoms with E-state index in [1.807, 2.05) is 6.20 Å². The number of H-pyrrole nitrogens is 1. The molecule has 0 aliphatic rings. The van der Waals surface area contributed by atoms with Crippen molar-refractivity contribution in [2.45, 2.75) is 39.8 Å². The molecule has 0 spiro atoms. The zero-order valence-electron chi connectivity index (χ0n) is 12.0. The summed E-state index contributed by atoms with van der Waals surface area (Å²) >= 11 is 1.69. The lowest BCUT2D eigenvalue weighted by Gasteiger charge is -2.14. The number of nitrogens with zero attached hydrogens (tertiary/aromatic N) is 3. The fourth-order valence-corrected chi connectivity index (χ4v) is 3.43. The Morgan fingerprint density at radius 2 is 2.30 bits per heavy atom. The Kier molecular flexibility index (Phi) is 3.58. The lowest BCUT2D eigenvalue weighted by atomic mass is 10.2. The lowest BCUT2D eigenvalue weighted by Crippen LogP contribution is -2.22. The third-order valence-corrected chi connectivity index (χ3v) is 4.55. The predicted molar refractivity (Wildman–Crippen MR) is 81.0 cm³/mol. The van der Waals surface area contributed by atoms with Crippen molar-refractivity contribution in [1.82, 2.24) is 24.7 Å². The predicted octanol–water partition coefficient (Wildman–Crippen LogP) is 2.98. The molecule has 0 radical (unpaired) electrons. The van der Waals surface area contributed by atoms with Crippen molar-refractivity contribution in [2.75, 3.05) is 0 Å². The number of rotatable bonds is 5. The van der Waals surface area contributed by atoms with Crippen LogP contribution in [-0.2, 0) is 6.54 Å². The van der Waals surface area contributed by atoms with Crippen molar-refractivity contribution in [2.24, 2.45) is 0 Å². The first-order valence-electron chi connectivity index (χ1n) is 6.85. The number of thiazole rings is 1. The van der Waals surface area contributed by atoms with Gasteiger partial charge in [-0.1, -0.05) is 6.92 Å². The molecule has 3 aromatic heterocycles.